The van der Waals surface area contributed by atoms with Crippen LogP contribution in [-0.4, -0.2) is 24.1 Å². The molecule has 1 saturated heterocycles. The predicted octanol–water partition coefficient (Wildman–Crippen LogP) is 2.31. The van der Waals surface area contributed by atoms with Crippen LogP contribution in [0.2, 0.25) is 0 Å². The Morgan fingerprint density at radius 1 is 1.24 bits per heavy atom. The van der Waals surface area contributed by atoms with E-state index in [-0.39, 0.29) is 0 Å². The topological polar surface area (TPSA) is 41.3 Å². The second-order valence-electron chi connectivity index (χ2n) is 5.18. The van der Waals surface area contributed by atoms with Gasteiger partial charge in [0.15, 0.2) is 0 Å². The normalized spacial score (nSPS) is 21.5. The maximum atomic E-state index is 5.59. The summed E-state index contributed by atoms with van der Waals surface area (Å²) in [7, 11) is 0. The van der Waals surface area contributed by atoms with Crippen LogP contribution in [0.25, 0.3) is 0 Å². The molecule has 2 aliphatic rings. The minimum Gasteiger partial charge on any atom is -0.432 e. The van der Waals surface area contributed by atoms with Crippen LogP contribution < -0.4 is 10.2 Å². The summed E-state index contributed by atoms with van der Waals surface area (Å²) in [6.07, 6.45) is 9.64. The summed E-state index contributed by atoms with van der Waals surface area (Å²) in [5.74, 6) is 0. The highest BCUT2D eigenvalue weighted by Gasteiger charge is 2.21. The van der Waals surface area contributed by atoms with E-state index in [1.54, 1.807) is 6.26 Å². The minimum absolute atomic E-state index is 0.730. The average Bonchev–Trinajstić information content (AvgIpc) is 3.12. The molecular formula is C13H21N3O. The molecule has 1 aromatic rings. The average molecular weight is 235 g/mol. The molecule has 1 saturated carbocycles. The lowest BCUT2D eigenvalue weighted by Crippen LogP contribution is -2.24. The molecule has 1 aliphatic heterocycles. The largest absolute Gasteiger partial charge is 0.432 e. The van der Waals surface area contributed by atoms with Crippen LogP contribution in [0.4, 0.5) is 6.01 Å². The molecule has 0 bridgehead atoms. The Hall–Kier alpha value is -1.03. The van der Waals surface area contributed by atoms with Gasteiger partial charge in [0.2, 0.25) is 0 Å². The summed E-state index contributed by atoms with van der Waals surface area (Å²) < 4.78 is 5.59. The molecule has 1 N–H and O–H groups in total. The van der Waals surface area contributed by atoms with E-state index in [2.05, 4.69) is 15.2 Å². The molecule has 0 unspecified atom stereocenters. The number of aromatic nitrogens is 1. The number of anilines is 1. The fourth-order valence-corrected chi connectivity index (χ4v) is 2.32. The van der Waals surface area contributed by atoms with Crippen LogP contribution in [0.3, 0.4) is 0 Å². The molecule has 1 aromatic heterocycles. The van der Waals surface area contributed by atoms with Crippen molar-refractivity contribution in [3.63, 3.8) is 0 Å². The van der Waals surface area contributed by atoms with E-state index in [9.17, 15) is 0 Å². The van der Waals surface area contributed by atoms with E-state index >= 15 is 0 Å². The molecule has 3 rings (SSSR count). The van der Waals surface area contributed by atoms with Gasteiger partial charge in [-0.25, -0.2) is 0 Å². The SMILES string of the molecule is c1oc(N2CCCCCC2)nc1CNC1CC1. The molecule has 17 heavy (non-hydrogen) atoms. The number of rotatable bonds is 4. The Labute approximate surface area is 102 Å². The number of oxazole rings is 1. The van der Waals surface area contributed by atoms with Gasteiger partial charge < -0.3 is 14.6 Å². The highest BCUT2D eigenvalue weighted by Crippen LogP contribution is 2.21. The minimum atomic E-state index is 0.730. The van der Waals surface area contributed by atoms with Gasteiger partial charge >= 0.3 is 0 Å². The van der Waals surface area contributed by atoms with Gasteiger partial charge in [0.1, 0.15) is 6.26 Å². The van der Waals surface area contributed by atoms with Crippen LogP contribution in [0.1, 0.15) is 44.2 Å². The van der Waals surface area contributed by atoms with Crippen LogP contribution >= 0.6 is 0 Å². The van der Waals surface area contributed by atoms with Gasteiger partial charge in [-0.1, -0.05) is 12.8 Å². The van der Waals surface area contributed by atoms with Gasteiger partial charge in [0.05, 0.1) is 5.69 Å². The zero-order chi connectivity index (χ0) is 11.5. The summed E-state index contributed by atoms with van der Waals surface area (Å²) in [5.41, 5.74) is 1.04. The molecule has 4 heteroatoms. The Morgan fingerprint density at radius 2 is 2.00 bits per heavy atom. The molecule has 94 valence electrons. The van der Waals surface area contributed by atoms with E-state index < -0.39 is 0 Å². The van der Waals surface area contributed by atoms with Gasteiger partial charge in [-0.05, 0) is 25.7 Å². The summed E-state index contributed by atoms with van der Waals surface area (Å²) in [6, 6.07) is 1.55. The number of nitrogens with zero attached hydrogens (tertiary/aromatic N) is 2. The first-order valence-corrected chi connectivity index (χ1v) is 6.84. The first-order valence-electron chi connectivity index (χ1n) is 6.84. The number of nitrogens with one attached hydrogen (secondary N) is 1. The van der Waals surface area contributed by atoms with Crippen molar-refractivity contribution in [1.82, 2.24) is 10.3 Å². The predicted molar refractivity (Wildman–Crippen MR) is 67.0 cm³/mol. The van der Waals surface area contributed by atoms with E-state index in [0.717, 1.165) is 37.4 Å². The van der Waals surface area contributed by atoms with Crippen molar-refractivity contribution < 1.29 is 4.42 Å². The molecule has 4 nitrogen and oxygen atoms in total. The van der Waals surface area contributed by atoms with Crippen molar-refractivity contribution in [2.75, 3.05) is 18.0 Å². The summed E-state index contributed by atoms with van der Waals surface area (Å²) in [5, 5.41) is 3.46. The van der Waals surface area contributed by atoms with E-state index in [1.165, 1.54) is 38.5 Å². The fraction of sp³-hybridized carbons (Fsp3) is 0.769. The molecule has 1 aliphatic carbocycles. The van der Waals surface area contributed by atoms with Gasteiger partial charge in [-0.15, -0.1) is 0 Å². The lowest BCUT2D eigenvalue weighted by Gasteiger charge is -2.16. The molecule has 2 heterocycles. The maximum Gasteiger partial charge on any atom is 0.297 e. The summed E-state index contributed by atoms with van der Waals surface area (Å²) >= 11 is 0. The molecular weight excluding hydrogens is 214 g/mol. The van der Waals surface area contributed by atoms with Crippen LogP contribution in [-0.2, 0) is 6.54 Å². The van der Waals surface area contributed by atoms with Crippen molar-refractivity contribution in [3.05, 3.63) is 12.0 Å². The quantitative estimate of drug-likeness (QED) is 0.869. The van der Waals surface area contributed by atoms with Crippen molar-refractivity contribution in [2.24, 2.45) is 0 Å². The molecule has 0 atom stereocenters. The zero-order valence-electron chi connectivity index (χ0n) is 10.3. The Morgan fingerprint density at radius 3 is 2.71 bits per heavy atom. The summed E-state index contributed by atoms with van der Waals surface area (Å²) in [6.45, 7) is 3.04. The Balaban J connectivity index is 1.57. The van der Waals surface area contributed by atoms with Gasteiger partial charge in [0, 0.05) is 25.7 Å². The maximum absolute atomic E-state index is 5.59. The van der Waals surface area contributed by atoms with E-state index in [1.807, 2.05) is 0 Å². The molecule has 0 aromatic carbocycles. The smallest absolute Gasteiger partial charge is 0.297 e. The third kappa shape index (κ3) is 3.00. The van der Waals surface area contributed by atoms with Crippen molar-refractivity contribution >= 4 is 6.01 Å². The third-order valence-electron chi connectivity index (χ3n) is 3.57. The second-order valence-corrected chi connectivity index (χ2v) is 5.18. The number of hydrogen-bond donors (Lipinski definition) is 1. The highest BCUT2D eigenvalue weighted by molar-refractivity contribution is 5.27. The lowest BCUT2D eigenvalue weighted by atomic mass is 10.2. The fourth-order valence-electron chi connectivity index (χ4n) is 2.32. The van der Waals surface area contributed by atoms with Crippen molar-refractivity contribution in [3.8, 4) is 0 Å². The first-order chi connectivity index (χ1) is 8.42. The summed E-state index contributed by atoms with van der Waals surface area (Å²) in [4.78, 5) is 6.86. The van der Waals surface area contributed by atoms with Gasteiger partial charge in [0.25, 0.3) is 6.01 Å². The molecule has 2 fully saturated rings. The van der Waals surface area contributed by atoms with Gasteiger partial charge in [-0.3, -0.25) is 0 Å². The van der Waals surface area contributed by atoms with Crippen LogP contribution in [0, 0.1) is 0 Å². The second kappa shape index (κ2) is 5.08. The highest BCUT2D eigenvalue weighted by atomic mass is 16.4. The Kier molecular flexibility index (Phi) is 3.31. The van der Waals surface area contributed by atoms with E-state index in [4.69, 9.17) is 4.42 Å². The molecule has 0 amide bonds. The van der Waals surface area contributed by atoms with Gasteiger partial charge in [-0.2, -0.15) is 4.98 Å². The zero-order valence-corrected chi connectivity index (χ0v) is 10.3. The number of hydrogen-bond acceptors (Lipinski definition) is 4. The molecule has 0 radical (unpaired) electrons. The lowest BCUT2D eigenvalue weighted by molar-refractivity contribution is 0.532. The van der Waals surface area contributed by atoms with Crippen LogP contribution in [0.5, 0.6) is 0 Å². The standard InChI is InChI=1S/C13H21N3O/c1-2-4-8-16(7-3-1)13-15-12(10-17-13)9-14-11-5-6-11/h10-11,14H,1-9H2. The van der Waals surface area contributed by atoms with E-state index in [0.29, 0.717) is 0 Å². The third-order valence-corrected chi connectivity index (χ3v) is 3.57. The van der Waals surface area contributed by atoms with Crippen LogP contribution in [0.15, 0.2) is 10.7 Å². The van der Waals surface area contributed by atoms with Crippen molar-refractivity contribution in [1.29, 1.82) is 0 Å². The monoisotopic (exact) mass is 235 g/mol. The molecule has 0 spiro atoms. The Bertz CT molecular complexity index is 351. The van der Waals surface area contributed by atoms with Crippen molar-refractivity contribution in [2.45, 2.75) is 51.1 Å². The first kappa shape index (κ1) is 11.1.